The molecular weight excluding hydrogens is 258 g/mol. The SMILES string of the molecule is CC(C)CCNC(=O)C(C)Oc1ccc(C(=O)O)cc1. The highest BCUT2D eigenvalue weighted by Crippen LogP contribution is 2.14. The molecule has 0 radical (unpaired) electrons. The van der Waals surface area contributed by atoms with Gasteiger partial charge in [0.2, 0.25) is 0 Å². The summed E-state index contributed by atoms with van der Waals surface area (Å²) in [5.74, 6) is -0.152. The van der Waals surface area contributed by atoms with Crippen molar-refractivity contribution in [3.8, 4) is 5.75 Å². The number of hydrogen-bond acceptors (Lipinski definition) is 3. The first-order valence-electron chi connectivity index (χ1n) is 6.68. The fourth-order valence-electron chi connectivity index (χ4n) is 1.56. The number of carbonyl (C=O) groups is 2. The second-order valence-electron chi connectivity index (χ2n) is 5.06. The molecule has 0 aromatic heterocycles. The van der Waals surface area contributed by atoms with Crippen LogP contribution in [-0.4, -0.2) is 29.6 Å². The molecule has 20 heavy (non-hydrogen) atoms. The zero-order valence-corrected chi connectivity index (χ0v) is 12.1. The number of carboxylic acid groups (broad SMARTS) is 1. The summed E-state index contributed by atoms with van der Waals surface area (Å²) in [5.41, 5.74) is 0.186. The molecular formula is C15H21NO4. The Kier molecular flexibility index (Phi) is 6.03. The van der Waals surface area contributed by atoms with Crippen molar-refractivity contribution in [1.82, 2.24) is 5.32 Å². The third kappa shape index (κ3) is 5.30. The van der Waals surface area contributed by atoms with Gasteiger partial charge in [-0.15, -0.1) is 0 Å². The van der Waals surface area contributed by atoms with Crippen LogP contribution in [-0.2, 0) is 4.79 Å². The molecule has 0 aliphatic rings. The smallest absolute Gasteiger partial charge is 0.335 e. The molecule has 1 aromatic rings. The third-order valence-electron chi connectivity index (χ3n) is 2.80. The predicted molar refractivity (Wildman–Crippen MR) is 76.0 cm³/mol. The largest absolute Gasteiger partial charge is 0.481 e. The number of hydrogen-bond donors (Lipinski definition) is 2. The van der Waals surface area contributed by atoms with Crippen LogP contribution in [0.4, 0.5) is 0 Å². The second kappa shape index (κ2) is 7.53. The lowest BCUT2D eigenvalue weighted by molar-refractivity contribution is -0.127. The number of amides is 1. The van der Waals surface area contributed by atoms with Crippen LogP contribution in [0.15, 0.2) is 24.3 Å². The van der Waals surface area contributed by atoms with Gasteiger partial charge >= 0.3 is 5.97 Å². The molecule has 0 fully saturated rings. The number of nitrogens with one attached hydrogen (secondary N) is 1. The number of aromatic carboxylic acids is 1. The van der Waals surface area contributed by atoms with Gasteiger partial charge < -0.3 is 15.2 Å². The van der Waals surface area contributed by atoms with Crippen molar-refractivity contribution in [3.63, 3.8) is 0 Å². The van der Waals surface area contributed by atoms with Crippen LogP contribution < -0.4 is 10.1 Å². The molecule has 5 heteroatoms. The minimum atomic E-state index is -0.990. The van der Waals surface area contributed by atoms with Crippen molar-refractivity contribution in [2.75, 3.05) is 6.54 Å². The maximum absolute atomic E-state index is 11.8. The molecule has 0 aliphatic carbocycles. The molecule has 0 saturated carbocycles. The summed E-state index contributed by atoms with van der Waals surface area (Å²) in [6.45, 7) is 6.48. The van der Waals surface area contributed by atoms with Gasteiger partial charge in [-0.25, -0.2) is 4.79 Å². The Morgan fingerprint density at radius 1 is 1.20 bits per heavy atom. The Hall–Kier alpha value is -2.04. The Labute approximate surface area is 118 Å². The minimum absolute atomic E-state index is 0.173. The van der Waals surface area contributed by atoms with Crippen molar-refractivity contribution in [3.05, 3.63) is 29.8 Å². The molecule has 1 unspecified atom stereocenters. The van der Waals surface area contributed by atoms with Gasteiger partial charge in [0.15, 0.2) is 6.10 Å². The van der Waals surface area contributed by atoms with Gasteiger partial charge in [0.1, 0.15) is 5.75 Å². The number of benzene rings is 1. The number of carbonyl (C=O) groups excluding carboxylic acids is 1. The van der Waals surface area contributed by atoms with Crippen LogP contribution in [0.3, 0.4) is 0 Å². The van der Waals surface area contributed by atoms with Gasteiger partial charge in [0.25, 0.3) is 5.91 Å². The summed E-state index contributed by atoms with van der Waals surface area (Å²) in [7, 11) is 0. The van der Waals surface area contributed by atoms with E-state index in [1.807, 2.05) is 0 Å². The third-order valence-corrected chi connectivity index (χ3v) is 2.80. The Morgan fingerprint density at radius 3 is 2.30 bits per heavy atom. The molecule has 5 nitrogen and oxygen atoms in total. The van der Waals surface area contributed by atoms with Crippen LogP contribution in [0.5, 0.6) is 5.75 Å². The Balaban J connectivity index is 2.46. The second-order valence-corrected chi connectivity index (χ2v) is 5.06. The predicted octanol–water partition coefficient (Wildman–Crippen LogP) is 2.31. The molecule has 0 bridgehead atoms. The summed E-state index contributed by atoms with van der Waals surface area (Å²) in [4.78, 5) is 22.5. The van der Waals surface area contributed by atoms with Crippen LogP contribution in [0, 0.1) is 5.92 Å². The molecule has 0 saturated heterocycles. The fourth-order valence-corrected chi connectivity index (χ4v) is 1.56. The summed E-state index contributed by atoms with van der Waals surface area (Å²) in [6.07, 6.45) is 0.309. The quantitative estimate of drug-likeness (QED) is 0.803. The zero-order chi connectivity index (χ0) is 15.1. The Bertz CT molecular complexity index is 453. The first-order valence-corrected chi connectivity index (χ1v) is 6.68. The number of carboxylic acids is 1. The van der Waals surface area contributed by atoms with E-state index in [4.69, 9.17) is 9.84 Å². The van der Waals surface area contributed by atoms with E-state index in [1.54, 1.807) is 19.1 Å². The first kappa shape index (κ1) is 16.0. The number of ether oxygens (including phenoxy) is 1. The number of rotatable bonds is 7. The molecule has 1 amide bonds. The van der Waals surface area contributed by atoms with Crippen LogP contribution in [0.25, 0.3) is 0 Å². The Morgan fingerprint density at radius 2 is 1.80 bits per heavy atom. The first-order chi connectivity index (χ1) is 9.40. The highest BCUT2D eigenvalue weighted by Gasteiger charge is 2.14. The van der Waals surface area contributed by atoms with Crippen molar-refractivity contribution >= 4 is 11.9 Å². The summed E-state index contributed by atoms with van der Waals surface area (Å²) >= 11 is 0. The van der Waals surface area contributed by atoms with Gasteiger partial charge in [-0.05, 0) is 43.5 Å². The van der Waals surface area contributed by atoms with E-state index in [0.717, 1.165) is 6.42 Å². The lowest BCUT2D eigenvalue weighted by Crippen LogP contribution is -2.37. The van der Waals surface area contributed by atoms with Crippen molar-refractivity contribution in [2.45, 2.75) is 33.3 Å². The lowest BCUT2D eigenvalue weighted by atomic mass is 10.1. The normalized spacial score (nSPS) is 12.0. The van der Waals surface area contributed by atoms with E-state index >= 15 is 0 Å². The highest BCUT2D eigenvalue weighted by molar-refractivity contribution is 5.87. The molecule has 0 heterocycles. The van der Waals surface area contributed by atoms with E-state index in [9.17, 15) is 9.59 Å². The average Bonchev–Trinajstić information content (AvgIpc) is 2.38. The molecule has 110 valence electrons. The fraction of sp³-hybridized carbons (Fsp3) is 0.467. The van der Waals surface area contributed by atoms with Crippen LogP contribution in [0.2, 0.25) is 0 Å². The topological polar surface area (TPSA) is 75.6 Å². The maximum atomic E-state index is 11.8. The van der Waals surface area contributed by atoms with Gasteiger partial charge in [-0.1, -0.05) is 13.8 Å². The average molecular weight is 279 g/mol. The summed E-state index contributed by atoms with van der Waals surface area (Å²) in [5, 5.41) is 11.6. The molecule has 1 atom stereocenters. The lowest BCUT2D eigenvalue weighted by Gasteiger charge is -2.15. The summed E-state index contributed by atoms with van der Waals surface area (Å²) in [6, 6.07) is 5.98. The summed E-state index contributed by atoms with van der Waals surface area (Å²) < 4.78 is 5.46. The molecule has 1 rings (SSSR count). The van der Waals surface area contributed by atoms with Crippen molar-refractivity contribution < 1.29 is 19.4 Å². The van der Waals surface area contributed by atoms with E-state index in [-0.39, 0.29) is 11.5 Å². The van der Waals surface area contributed by atoms with Crippen LogP contribution >= 0.6 is 0 Å². The van der Waals surface area contributed by atoms with Gasteiger partial charge in [-0.3, -0.25) is 4.79 Å². The van der Waals surface area contributed by atoms with E-state index in [2.05, 4.69) is 19.2 Å². The monoisotopic (exact) mass is 279 g/mol. The van der Waals surface area contributed by atoms with Gasteiger partial charge in [-0.2, -0.15) is 0 Å². The van der Waals surface area contributed by atoms with Crippen molar-refractivity contribution in [1.29, 1.82) is 0 Å². The van der Waals surface area contributed by atoms with Crippen molar-refractivity contribution in [2.24, 2.45) is 5.92 Å². The minimum Gasteiger partial charge on any atom is -0.481 e. The molecule has 0 spiro atoms. The van der Waals surface area contributed by atoms with E-state index in [1.165, 1.54) is 12.1 Å². The van der Waals surface area contributed by atoms with E-state index < -0.39 is 12.1 Å². The van der Waals surface area contributed by atoms with Gasteiger partial charge in [0, 0.05) is 6.54 Å². The zero-order valence-electron chi connectivity index (χ0n) is 12.1. The van der Waals surface area contributed by atoms with Gasteiger partial charge in [0.05, 0.1) is 5.56 Å². The molecule has 1 aromatic carbocycles. The molecule has 2 N–H and O–H groups in total. The highest BCUT2D eigenvalue weighted by atomic mass is 16.5. The maximum Gasteiger partial charge on any atom is 0.335 e. The van der Waals surface area contributed by atoms with E-state index in [0.29, 0.717) is 18.2 Å². The standard InChI is InChI=1S/C15H21NO4/c1-10(2)8-9-16-14(17)11(3)20-13-6-4-12(5-7-13)15(18)19/h4-7,10-11H,8-9H2,1-3H3,(H,16,17)(H,18,19). The molecule has 0 aliphatic heterocycles. The van der Waals surface area contributed by atoms with Crippen LogP contribution in [0.1, 0.15) is 37.6 Å².